The summed E-state index contributed by atoms with van der Waals surface area (Å²) in [5.74, 6) is -0.00130. The Hall–Kier alpha value is -2.40. The molecule has 110 valence electrons. The molecule has 21 heavy (non-hydrogen) atoms. The lowest BCUT2D eigenvalue weighted by atomic mass is 10.1. The predicted octanol–water partition coefficient (Wildman–Crippen LogP) is 2.22. The fourth-order valence-corrected chi connectivity index (χ4v) is 1.96. The maximum Gasteiger partial charge on any atom is 0.130 e. The van der Waals surface area contributed by atoms with Crippen molar-refractivity contribution in [2.45, 2.75) is 13.0 Å². The van der Waals surface area contributed by atoms with Crippen molar-refractivity contribution in [2.75, 3.05) is 6.61 Å². The van der Waals surface area contributed by atoms with Crippen LogP contribution in [0.3, 0.4) is 0 Å². The van der Waals surface area contributed by atoms with Crippen molar-refractivity contribution in [1.82, 2.24) is 0 Å². The molecule has 0 unspecified atom stereocenters. The lowest BCUT2D eigenvalue weighted by Gasteiger charge is -2.11. The molecular weight excluding hydrogens is 271 g/mol. The number of amidine groups is 1. The van der Waals surface area contributed by atoms with E-state index < -0.39 is 5.82 Å². The number of hydrogen-bond donors (Lipinski definition) is 3. The zero-order chi connectivity index (χ0) is 15.2. The van der Waals surface area contributed by atoms with Gasteiger partial charge in [0.2, 0.25) is 0 Å². The van der Waals surface area contributed by atoms with E-state index in [1.807, 2.05) is 18.2 Å². The van der Waals surface area contributed by atoms with Crippen molar-refractivity contribution in [1.29, 1.82) is 5.41 Å². The van der Waals surface area contributed by atoms with Crippen molar-refractivity contribution >= 4 is 5.84 Å². The maximum absolute atomic E-state index is 13.9. The summed E-state index contributed by atoms with van der Waals surface area (Å²) in [5.41, 5.74) is 6.92. The topological polar surface area (TPSA) is 79.3 Å². The number of ether oxygens (including phenoxy) is 1. The number of aliphatic hydroxyl groups is 1. The van der Waals surface area contributed by atoms with Gasteiger partial charge in [0.05, 0.1) is 0 Å². The maximum atomic E-state index is 13.9. The number of halogens is 1. The summed E-state index contributed by atoms with van der Waals surface area (Å²) in [5, 5.41) is 16.3. The van der Waals surface area contributed by atoms with Crippen LogP contribution in [0.4, 0.5) is 4.39 Å². The van der Waals surface area contributed by atoms with E-state index in [0.717, 1.165) is 5.56 Å². The van der Waals surface area contributed by atoms with Crippen LogP contribution in [0, 0.1) is 11.2 Å². The van der Waals surface area contributed by atoms with Crippen LogP contribution in [0.25, 0.3) is 0 Å². The van der Waals surface area contributed by atoms with Gasteiger partial charge in [-0.25, -0.2) is 4.39 Å². The normalized spacial score (nSPS) is 10.4. The molecule has 0 saturated carbocycles. The van der Waals surface area contributed by atoms with Crippen molar-refractivity contribution in [2.24, 2.45) is 5.73 Å². The molecule has 2 aromatic carbocycles. The van der Waals surface area contributed by atoms with Crippen molar-refractivity contribution in [3.05, 3.63) is 65.0 Å². The van der Waals surface area contributed by atoms with E-state index in [-0.39, 0.29) is 19.0 Å². The minimum Gasteiger partial charge on any atom is -0.489 e. The summed E-state index contributed by atoms with van der Waals surface area (Å²) in [6.07, 6.45) is 0.488. The number of aliphatic hydroxyl groups excluding tert-OH is 1. The smallest absolute Gasteiger partial charge is 0.130 e. The first-order valence-corrected chi connectivity index (χ1v) is 6.56. The molecule has 0 amide bonds. The Bertz CT molecular complexity index is 644. The zero-order valence-corrected chi connectivity index (χ0v) is 11.5. The number of nitrogen functional groups attached to an aromatic ring is 1. The Morgan fingerprint density at radius 2 is 1.95 bits per heavy atom. The first kappa shape index (κ1) is 15.0. The molecule has 0 fully saturated rings. The fourth-order valence-electron chi connectivity index (χ4n) is 1.96. The van der Waals surface area contributed by atoms with Crippen LogP contribution in [-0.4, -0.2) is 17.5 Å². The van der Waals surface area contributed by atoms with Crippen LogP contribution < -0.4 is 10.5 Å². The number of rotatable bonds is 6. The second kappa shape index (κ2) is 6.85. The van der Waals surface area contributed by atoms with Gasteiger partial charge < -0.3 is 15.6 Å². The van der Waals surface area contributed by atoms with Gasteiger partial charge in [0.1, 0.15) is 24.0 Å². The molecule has 0 spiro atoms. The highest BCUT2D eigenvalue weighted by Crippen LogP contribution is 2.20. The van der Waals surface area contributed by atoms with Crippen LogP contribution in [0.1, 0.15) is 16.7 Å². The second-order valence-electron chi connectivity index (χ2n) is 4.59. The molecule has 0 aliphatic rings. The van der Waals surface area contributed by atoms with Crippen LogP contribution in [-0.2, 0) is 13.0 Å². The lowest BCUT2D eigenvalue weighted by Crippen LogP contribution is -2.12. The standard InChI is InChI=1S/C16H17FN2O2/c17-14-9-12(16(18)19)5-6-13(14)10-21-15-4-2-1-3-11(15)7-8-20/h1-6,9,20H,7-8,10H2,(H3,18,19). The van der Waals surface area contributed by atoms with Gasteiger partial charge in [-0.15, -0.1) is 0 Å². The minimum atomic E-state index is -0.456. The lowest BCUT2D eigenvalue weighted by molar-refractivity contribution is 0.281. The van der Waals surface area contributed by atoms with Crippen molar-refractivity contribution in [3.8, 4) is 5.75 Å². The van der Waals surface area contributed by atoms with Gasteiger partial charge in [0.25, 0.3) is 0 Å². The van der Waals surface area contributed by atoms with Crippen LogP contribution in [0.5, 0.6) is 5.75 Å². The third-order valence-electron chi connectivity index (χ3n) is 3.10. The van der Waals surface area contributed by atoms with Crippen molar-refractivity contribution < 1.29 is 14.2 Å². The first-order chi connectivity index (χ1) is 10.1. The Morgan fingerprint density at radius 3 is 2.62 bits per heavy atom. The average molecular weight is 288 g/mol. The Labute approximate surface area is 122 Å². The Balaban J connectivity index is 2.11. The molecule has 0 aromatic heterocycles. The van der Waals surface area contributed by atoms with E-state index in [9.17, 15) is 4.39 Å². The second-order valence-corrected chi connectivity index (χ2v) is 4.59. The van der Waals surface area contributed by atoms with E-state index >= 15 is 0 Å². The molecular formula is C16H17FN2O2. The monoisotopic (exact) mass is 288 g/mol. The van der Waals surface area contributed by atoms with Gasteiger partial charge in [-0.2, -0.15) is 0 Å². The summed E-state index contributed by atoms with van der Waals surface area (Å²) in [7, 11) is 0. The molecule has 0 aliphatic carbocycles. The number of hydrogen-bond acceptors (Lipinski definition) is 3. The van der Waals surface area contributed by atoms with E-state index in [1.54, 1.807) is 18.2 Å². The molecule has 4 nitrogen and oxygen atoms in total. The van der Waals surface area contributed by atoms with Gasteiger partial charge in [0.15, 0.2) is 0 Å². The number of benzene rings is 2. The molecule has 0 radical (unpaired) electrons. The molecule has 2 aromatic rings. The molecule has 2 rings (SSSR count). The molecule has 5 heteroatoms. The van der Waals surface area contributed by atoms with Gasteiger partial charge in [-0.1, -0.05) is 30.3 Å². The van der Waals surface area contributed by atoms with Gasteiger partial charge in [-0.3, -0.25) is 5.41 Å². The molecule has 0 atom stereocenters. The molecule has 0 bridgehead atoms. The third kappa shape index (κ3) is 3.79. The van der Waals surface area contributed by atoms with E-state index in [2.05, 4.69) is 0 Å². The van der Waals surface area contributed by atoms with Gasteiger partial charge in [0, 0.05) is 17.7 Å². The first-order valence-electron chi connectivity index (χ1n) is 6.56. The Morgan fingerprint density at radius 1 is 1.19 bits per heavy atom. The molecule has 4 N–H and O–H groups in total. The predicted molar refractivity (Wildman–Crippen MR) is 79.0 cm³/mol. The third-order valence-corrected chi connectivity index (χ3v) is 3.10. The van der Waals surface area contributed by atoms with Crippen molar-refractivity contribution in [3.63, 3.8) is 0 Å². The highest BCUT2D eigenvalue weighted by molar-refractivity contribution is 5.94. The van der Waals surface area contributed by atoms with Crippen LogP contribution in [0.15, 0.2) is 42.5 Å². The number of nitrogens with one attached hydrogen (secondary N) is 1. The Kier molecular flexibility index (Phi) is 4.90. The summed E-state index contributed by atoms with van der Waals surface area (Å²) >= 11 is 0. The average Bonchev–Trinajstić information content (AvgIpc) is 2.47. The van der Waals surface area contributed by atoms with Crippen LogP contribution in [0.2, 0.25) is 0 Å². The summed E-state index contributed by atoms with van der Waals surface area (Å²) in [6.45, 7) is 0.106. The molecule has 0 aliphatic heterocycles. The van der Waals surface area contributed by atoms with Gasteiger partial charge in [-0.05, 0) is 24.1 Å². The summed E-state index contributed by atoms with van der Waals surface area (Å²) < 4.78 is 19.5. The van der Waals surface area contributed by atoms with E-state index in [0.29, 0.717) is 23.3 Å². The molecule has 0 heterocycles. The summed E-state index contributed by atoms with van der Waals surface area (Å²) in [4.78, 5) is 0. The number of nitrogens with two attached hydrogens (primary N) is 1. The highest BCUT2D eigenvalue weighted by Gasteiger charge is 2.08. The summed E-state index contributed by atoms with van der Waals surface area (Å²) in [6, 6.07) is 11.7. The highest BCUT2D eigenvalue weighted by atomic mass is 19.1. The minimum absolute atomic E-state index is 0.0298. The SMILES string of the molecule is N=C(N)c1ccc(COc2ccccc2CCO)c(F)c1. The zero-order valence-electron chi connectivity index (χ0n) is 11.5. The fraction of sp³-hybridized carbons (Fsp3) is 0.188. The van der Waals surface area contributed by atoms with Crippen LogP contribution >= 0.6 is 0 Å². The molecule has 0 saturated heterocycles. The van der Waals surface area contributed by atoms with E-state index in [4.69, 9.17) is 21.0 Å². The number of para-hydroxylation sites is 1. The van der Waals surface area contributed by atoms with Gasteiger partial charge >= 0.3 is 0 Å². The quantitative estimate of drug-likeness (QED) is 0.563. The van der Waals surface area contributed by atoms with E-state index in [1.165, 1.54) is 6.07 Å². The largest absolute Gasteiger partial charge is 0.489 e.